The number of aromatic nitrogens is 2. The summed E-state index contributed by atoms with van der Waals surface area (Å²) >= 11 is 0. The monoisotopic (exact) mass is 551 g/mol. The van der Waals surface area contributed by atoms with E-state index in [1.54, 1.807) is 50.1 Å². The van der Waals surface area contributed by atoms with Gasteiger partial charge in [-0.2, -0.15) is 10.4 Å². The van der Waals surface area contributed by atoms with Gasteiger partial charge in [0.25, 0.3) is 0 Å². The van der Waals surface area contributed by atoms with Crippen LogP contribution in [0.4, 0.5) is 13.6 Å². The Morgan fingerprint density at radius 3 is 2.38 bits per heavy atom. The number of amides is 2. The van der Waals surface area contributed by atoms with Gasteiger partial charge < -0.3 is 19.7 Å². The maximum absolute atomic E-state index is 14.5. The van der Waals surface area contributed by atoms with Crippen molar-refractivity contribution in [3.63, 3.8) is 0 Å². The Hall–Kier alpha value is -4.46. The predicted octanol–water partition coefficient (Wildman–Crippen LogP) is 4.89. The lowest BCUT2D eigenvalue weighted by molar-refractivity contribution is -0.133. The summed E-state index contributed by atoms with van der Waals surface area (Å²) in [5.74, 6) is -1.39. The number of carbonyl (C=O) groups excluding carboxylic acids is 2. The summed E-state index contributed by atoms with van der Waals surface area (Å²) < 4.78 is 40.8. The number of hydrogen-bond donors (Lipinski definition) is 1. The minimum atomic E-state index is -0.708. The highest BCUT2D eigenvalue weighted by atomic mass is 19.1. The Kier molecular flexibility index (Phi) is 8.38. The lowest BCUT2D eigenvalue weighted by Gasteiger charge is -2.32. The lowest BCUT2D eigenvalue weighted by atomic mass is 10.0. The van der Waals surface area contributed by atoms with Gasteiger partial charge in [0.15, 0.2) is 11.6 Å². The SMILES string of the molecule is COc1ccc(-c2cn(CC(=O)N3CCC(NC(=O)OC(C)(C)C)CC3)nc2-c2ccc(C#N)c(F)c2)cc1F. The summed E-state index contributed by atoms with van der Waals surface area (Å²) in [6, 6.07) is 10.2. The third-order valence-corrected chi connectivity index (χ3v) is 6.45. The van der Waals surface area contributed by atoms with Gasteiger partial charge in [-0.15, -0.1) is 0 Å². The number of halogens is 2. The Balaban J connectivity index is 1.52. The van der Waals surface area contributed by atoms with E-state index < -0.39 is 23.3 Å². The molecule has 1 aliphatic heterocycles. The summed E-state index contributed by atoms with van der Waals surface area (Å²) in [5.41, 5.74) is 0.956. The highest BCUT2D eigenvalue weighted by Crippen LogP contribution is 2.34. The van der Waals surface area contributed by atoms with Gasteiger partial charge in [0.2, 0.25) is 5.91 Å². The quantitative estimate of drug-likeness (QED) is 0.467. The van der Waals surface area contributed by atoms with E-state index in [1.807, 2.05) is 0 Å². The molecule has 1 fully saturated rings. The van der Waals surface area contributed by atoms with E-state index in [0.29, 0.717) is 48.3 Å². The topological polar surface area (TPSA) is 109 Å². The zero-order valence-electron chi connectivity index (χ0n) is 22.8. The molecular formula is C29H31F2N5O4. The van der Waals surface area contributed by atoms with Crippen LogP contribution in [0.3, 0.4) is 0 Å². The minimum Gasteiger partial charge on any atom is -0.494 e. The van der Waals surface area contributed by atoms with Crippen molar-refractivity contribution in [2.24, 2.45) is 0 Å². The number of piperidine rings is 1. The van der Waals surface area contributed by atoms with Crippen molar-refractivity contribution < 1.29 is 27.8 Å². The molecule has 3 aromatic rings. The van der Waals surface area contributed by atoms with Crippen LogP contribution in [-0.2, 0) is 16.1 Å². The molecule has 40 heavy (non-hydrogen) atoms. The summed E-state index contributed by atoms with van der Waals surface area (Å²) in [6.45, 7) is 6.19. The molecule has 2 amide bonds. The van der Waals surface area contributed by atoms with Crippen molar-refractivity contribution in [3.8, 4) is 34.2 Å². The van der Waals surface area contributed by atoms with E-state index >= 15 is 0 Å². The van der Waals surface area contributed by atoms with Crippen molar-refractivity contribution in [2.45, 2.75) is 51.8 Å². The van der Waals surface area contributed by atoms with Crippen LogP contribution in [0, 0.1) is 23.0 Å². The number of ether oxygens (including phenoxy) is 2. The Bertz CT molecular complexity index is 1450. The molecule has 1 saturated heterocycles. The maximum Gasteiger partial charge on any atom is 0.407 e. The number of hydrogen-bond acceptors (Lipinski definition) is 6. The second kappa shape index (κ2) is 11.7. The standard InChI is InChI=1S/C29H31F2N5O4/c1-29(2,3)40-28(38)33-21-9-11-35(12-10-21)26(37)17-36-16-22(18-7-8-25(39-4)24(31)13-18)27(34-36)19-5-6-20(15-32)23(30)14-19/h5-8,13-14,16,21H,9-12,17H2,1-4H3,(H,33,38). The molecule has 9 nitrogen and oxygen atoms in total. The molecule has 1 aromatic heterocycles. The molecule has 4 rings (SSSR count). The number of nitrogens with zero attached hydrogens (tertiary/aromatic N) is 4. The van der Waals surface area contributed by atoms with Gasteiger partial charge in [-0.3, -0.25) is 9.48 Å². The molecule has 1 N–H and O–H groups in total. The average Bonchev–Trinajstić information content (AvgIpc) is 3.31. The van der Waals surface area contributed by atoms with Crippen molar-refractivity contribution in [3.05, 3.63) is 59.8 Å². The Morgan fingerprint density at radius 1 is 1.10 bits per heavy atom. The zero-order chi connectivity index (χ0) is 29.0. The van der Waals surface area contributed by atoms with Gasteiger partial charge >= 0.3 is 6.09 Å². The van der Waals surface area contributed by atoms with E-state index in [0.717, 1.165) is 0 Å². The largest absolute Gasteiger partial charge is 0.494 e. The first kappa shape index (κ1) is 28.5. The zero-order valence-corrected chi connectivity index (χ0v) is 22.8. The molecule has 2 heterocycles. The molecule has 2 aromatic carbocycles. The number of carbonyl (C=O) groups is 2. The van der Waals surface area contributed by atoms with Crippen LogP contribution in [0.5, 0.6) is 5.75 Å². The molecule has 11 heteroatoms. The van der Waals surface area contributed by atoms with Gasteiger partial charge in [0.05, 0.1) is 12.7 Å². The summed E-state index contributed by atoms with van der Waals surface area (Å²) in [7, 11) is 1.36. The third kappa shape index (κ3) is 6.75. The van der Waals surface area contributed by atoms with Crippen LogP contribution in [0.15, 0.2) is 42.6 Å². The van der Waals surface area contributed by atoms with E-state index in [1.165, 1.54) is 36.1 Å². The predicted molar refractivity (Wildman–Crippen MR) is 143 cm³/mol. The minimum absolute atomic E-state index is 0.0712. The van der Waals surface area contributed by atoms with Gasteiger partial charge in [0.1, 0.15) is 29.7 Å². The van der Waals surface area contributed by atoms with Crippen LogP contribution in [0.25, 0.3) is 22.4 Å². The van der Waals surface area contributed by atoms with E-state index in [2.05, 4.69) is 10.4 Å². The molecule has 1 aliphatic rings. The van der Waals surface area contributed by atoms with Gasteiger partial charge in [0, 0.05) is 36.5 Å². The van der Waals surface area contributed by atoms with Gasteiger partial charge in [-0.25, -0.2) is 13.6 Å². The third-order valence-electron chi connectivity index (χ3n) is 6.45. The molecular weight excluding hydrogens is 520 g/mol. The van der Waals surface area contributed by atoms with E-state index in [-0.39, 0.29) is 29.8 Å². The fourth-order valence-corrected chi connectivity index (χ4v) is 4.50. The highest BCUT2D eigenvalue weighted by molar-refractivity contribution is 5.82. The number of rotatable bonds is 6. The summed E-state index contributed by atoms with van der Waals surface area (Å²) in [5, 5.41) is 16.5. The number of benzene rings is 2. The van der Waals surface area contributed by atoms with Gasteiger partial charge in [-0.05, 0) is 63.4 Å². The molecule has 0 unspecified atom stereocenters. The Morgan fingerprint density at radius 2 is 1.77 bits per heavy atom. The molecule has 0 aliphatic carbocycles. The first-order valence-electron chi connectivity index (χ1n) is 12.9. The molecule has 0 radical (unpaired) electrons. The van der Waals surface area contributed by atoms with Crippen LogP contribution >= 0.6 is 0 Å². The molecule has 0 saturated carbocycles. The summed E-state index contributed by atoms with van der Waals surface area (Å²) in [4.78, 5) is 26.9. The molecule has 0 bridgehead atoms. The van der Waals surface area contributed by atoms with Crippen LogP contribution in [-0.4, -0.2) is 58.5 Å². The Labute approximate surface area is 231 Å². The number of nitrogens with one attached hydrogen (secondary N) is 1. The van der Waals surface area contributed by atoms with Crippen molar-refractivity contribution in [1.82, 2.24) is 20.0 Å². The fourth-order valence-electron chi connectivity index (χ4n) is 4.50. The van der Waals surface area contributed by atoms with E-state index in [4.69, 9.17) is 14.7 Å². The van der Waals surface area contributed by atoms with Crippen molar-refractivity contribution in [1.29, 1.82) is 5.26 Å². The van der Waals surface area contributed by atoms with Crippen molar-refractivity contribution >= 4 is 12.0 Å². The number of nitriles is 1. The average molecular weight is 552 g/mol. The summed E-state index contributed by atoms with van der Waals surface area (Å²) in [6.07, 6.45) is 2.29. The van der Waals surface area contributed by atoms with Crippen LogP contribution < -0.4 is 10.1 Å². The first-order chi connectivity index (χ1) is 19.0. The van der Waals surface area contributed by atoms with Crippen LogP contribution in [0.2, 0.25) is 0 Å². The van der Waals surface area contributed by atoms with E-state index in [9.17, 15) is 18.4 Å². The first-order valence-corrected chi connectivity index (χ1v) is 12.9. The number of alkyl carbamates (subject to hydrolysis) is 1. The van der Waals surface area contributed by atoms with Crippen LogP contribution in [0.1, 0.15) is 39.2 Å². The number of likely N-dealkylation sites (tertiary alicyclic amines) is 1. The second-order valence-corrected chi connectivity index (χ2v) is 10.5. The number of methoxy groups -OCH3 is 1. The maximum atomic E-state index is 14.5. The highest BCUT2D eigenvalue weighted by Gasteiger charge is 2.26. The lowest BCUT2D eigenvalue weighted by Crippen LogP contribution is -2.48. The van der Waals surface area contributed by atoms with Crippen molar-refractivity contribution in [2.75, 3.05) is 20.2 Å². The molecule has 0 spiro atoms. The van der Waals surface area contributed by atoms with Gasteiger partial charge in [-0.1, -0.05) is 12.1 Å². The second-order valence-electron chi connectivity index (χ2n) is 10.5. The molecule has 210 valence electrons. The fraction of sp³-hybridized carbons (Fsp3) is 0.379. The normalized spacial score (nSPS) is 14.0. The molecule has 0 atom stereocenters. The smallest absolute Gasteiger partial charge is 0.407 e.